The van der Waals surface area contributed by atoms with Crippen molar-refractivity contribution < 1.29 is 94.7 Å². The molecule has 0 spiro atoms. The zero-order valence-corrected chi connectivity index (χ0v) is 37.3. The number of hydrogen-bond donors (Lipinski definition) is 0. The van der Waals surface area contributed by atoms with E-state index in [1.54, 1.807) is 36.9 Å². The van der Waals surface area contributed by atoms with Crippen molar-refractivity contribution in [3.05, 3.63) is 49.1 Å². The summed E-state index contributed by atoms with van der Waals surface area (Å²) in [6.07, 6.45) is 6.32. The minimum Gasteiger partial charge on any atom is -0.871 e. The summed E-state index contributed by atoms with van der Waals surface area (Å²) < 4.78 is 121. The van der Waals surface area contributed by atoms with Crippen LogP contribution in [0.3, 0.4) is 0 Å². The van der Waals surface area contributed by atoms with Crippen LogP contribution >= 0.6 is 15.6 Å². The zero-order chi connectivity index (χ0) is 44.5. The third-order valence-corrected chi connectivity index (χ3v) is 6.26. The predicted molar refractivity (Wildman–Crippen MR) is 196 cm³/mol. The molecule has 3 rings (SSSR count). The molecule has 58 heavy (non-hydrogen) atoms. The molecule has 0 saturated heterocycles. The SMILES string of the molecule is CN(C)CCN(C)CCN(C)C.CN(C)CCN(C)CCN(C)C.F[P-](F)(F)(F)(F)F.F[P-](F)(F)(F)(F)F.[Cu+2].[Cu+2].[O-]c1cc(-n2cccn2)c([O-])cc1-n1cccn1. The number of rotatable bonds is 14. The Morgan fingerprint density at radius 2 is 0.655 bits per heavy atom. The number of benzene rings is 1. The van der Waals surface area contributed by atoms with Gasteiger partial charge in [-0.3, -0.25) is 0 Å². The second kappa shape index (κ2) is 23.9. The molecule has 0 N–H and O–H groups in total. The van der Waals surface area contributed by atoms with Gasteiger partial charge in [0.2, 0.25) is 0 Å². The zero-order valence-electron chi connectivity index (χ0n) is 33.6. The molecule has 0 aliphatic carbocycles. The van der Waals surface area contributed by atoms with E-state index in [2.05, 4.69) is 110 Å². The van der Waals surface area contributed by atoms with Crippen LogP contribution in [0.1, 0.15) is 0 Å². The summed E-state index contributed by atoms with van der Waals surface area (Å²) >= 11 is 0. The van der Waals surface area contributed by atoms with Gasteiger partial charge in [-0.05, 0) is 94.7 Å². The summed E-state index contributed by atoms with van der Waals surface area (Å²) in [6.45, 7) is 9.19. The fourth-order valence-electron chi connectivity index (χ4n) is 3.43. The molecule has 2 radical (unpaired) electrons. The van der Waals surface area contributed by atoms with Gasteiger partial charge in [0.25, 0.3) is 0 Å². The van der Waals surface area contributed by atoms with E-state index in [0.29, 0.717) is 0 Å². The Morgan fingerprint density at radius 1 is 0.448 bits per heavy atom. The summed E-state index contributed by atoms with van der Waals surface area (Å²) in [4.78, 5) is 13.6. The normalized spacial score (nSPS) is 13.9. The van der Waals surface area contributed by atoms with Crippen LogP contribution in [0, 0.1) is 0 Å². The Kier molecular flexibility index (Phi) is 25.8. The third kappa shape index (κ3) is 48.4. The molecular weight excluding hydrogens is 949 g/mol. The maximum Gasteiger partial charge on any atom is 2.00 e. The predicted octanol–water partition coefficient (Wildman–Crippen LogP) is 7.05. The second-order valence-corrected chi connectivity index (χ2v) is 17.3. The van der Waals surface area contributed by atoms with Crippen LogP contribution in [0.15, 0.2) is 49.1 Å². The minimum atomic E-state index is -10.7. The number of likely N-dealkylation sites (N-methyl/N-ethyl adjacent to an activating group) is 6. The first-order valence-electron chi connectivity index (χ1n) is 16.3. The van der Waals surface area contributed by atoms with E-state index in [1.165, 1.54) is 21.5 Å². The van der Waals surface area contributed by atoms with Crippen molar-refractivity contribution in [1.29, 1.82) is 0 Å². The van der Waals surface area contributed by atoms with Gasteiger partial charge in [0.15, 0.2) is 0 Å². The van der Waals surface area contributed by atoms with Crippen LogP contribution in [0.4, 0.5) is 50.4 Å². The first-order chi connectivity index (χ1) is 24.7. The van der Waals surface area contributed by atoms with Crippen molar-refractivity contribution in [3.8, 4) is 22.9 Å². The van der Waals surface area contributed by atoms with Gasteiger partial charge in [-0.25, -0.2) is 9.36 Å². The second-order valence-electron chi connectivity index (χ2n) is 13.4. The van der Waals surface area contributed by atoms with E-state index < -0.39 is 15.6 Å². The van der Waals surface area contributed by atoms with Gasteiger partial charge in [-0.15, -0.1) is 0 Å². The van der Waals surface area contributed by atoms with Crippen LogP contribution in [0.25, 0.3) is 11.4 Å². The standard InChI is InChI=1S/C12H10N4O2.2C9H23N3.2Cu.2F6P/c17-11-8-10(16-6-2-4-14-16)12(18)7-9(11)15-5-1-3-13-15;2*1-10(2)6-8-12(5)9-7-11(3)4;;;2*1-7(2,3,4,5)6/h1-8,17-18H;2*6-9H2,1-5H3;;;;/q;;;2*+2;2*-1/p-2. The van der Waals surface area contributed by atoms with Gasteiger partial charge in [-0.1, -0.05) is 11.5 Å². The minimum absolute atomic E-state index is 0. The fraction of sp³-hybridized carbons (Fsp3) is 0.600. The Bertz CT molecular complexity index is 1370. The van der Waals surface area contributed by atoms with Crippen molar-refractivity contribution in [2.24, 2.45) is 0 Å². The summed E-state index contributed by atoms with van der Waals surface area (Å²) in [7, 11) is -0.0804. The van der Waals surface area contributed by atoms with E-state index in [4.69, 9.17) is 0 Å². The maximum atomic E-state index is 11.9. The average molecular weight is 1000 g/mol. The molecule has 0 fully saturated rings. The molecule has 12 nitrogen and oxygen atoms in total. The van der Waals surface area contributed by atoms with Crippen molar-refractivity contribution in [2.75, 3.05) is 123 Å². The van der Waals surface area contributed by atoms with Crippen molar-refractivity contribution in [2.45, 2.75) is 0 Å². The number of hydrogen-bond acceptors (Lipinski definition) is 10. The fourth-order valence-corrected chi connectivity index (χ4v) is 3.43. The molecule has 3 aromatic rings. The molecule has 0 atom stereocenters. The van der Waals surface area contributed by atoms with E-state index in [1.807, 2.05) is 0 Å². The molecule has 28 heteroatoms. The molecule has 1 aromatic carbocycles. The number of halogens is 12. The van der Waals surface area contributed by atoms with Crippen molar-refractivity contribution >= 4 is 15.6 Å². The van der Waals surface area contributed by atoms with E-state index in [9.17, 15) is 60.6 Å². The molecule has 0 saturated carbocycles. The van der Waals surface area contributed by atoms with E-state index >= 15 is 0 Å². The molecular formula is C30H54Cu2F12N10O2P2. The van der Waals surface area contributed by atoms with Gasteiger partial charge < -0.3 is 39.6 Å². The monoisotopic (exact) mass is 1000 g/mol. The molecule has 352 valence electrons. The summed E-state index contributed by atoms with van der Waals surface area (Å²) in [6, 6.07) is 5.91. The Hall–Kier alpha value is -1.94. The third-order valence-electron chi connectivity index (χ3n) is 6.26. The van der Waals surface area contributed by atoms with Gasteiger partial charge in [-0.2, -0.15) is 10.2 Å². The Labute approximate surface area is 353 Å². The van der Waals surface area contributed by atoms with Crippen molar-refractivity contribution in [3.63, 3.8) is 0 Å². The molecule has 0 aliphatic heterocycles. The van der Waals surface area contributed by atoms with Gasteiger partial charge in [0.05, 0.1) is 11.4 Å². The van der Waals surface area contributed by atoms with E-state index in [0.717, 1.165) is 52.4 Å². The molecule has 0 unspecified atom stereocenters. The smallest absolute Gasteiger partial charge is 0.871 e. The molecule has 2 aromatic heterocycles. The van der Waals surface area contributed by atoms with E-state index in [-0.39, 0.29) is 57.0 Å². The molecule has 0 amide bonds. The summed E-state index contributed by atoms with van der Waals surface area (Å²) in [5.41, 5.74) is 0.474. The molecule has 2 heterocycles. The molecule has 0 bridgehead atoms. The van der Waals surface area contributed by atoms with Crippen LogP contribution in [0.5, 0.6) is 11.5 Å². The number of nitrogens with zero attached hydrogens (tertiary/aromatic N) is 10. The molecule has 0 aliphatic rings. The van der Waals surface area contributed by atoms with Gasteiger partial charge >= 0.3 is 100 Å². The van der Waals surface area contributed by atoms with Gasteiger partial charge in [0, 0.05) is 77.1 Å². The van der Waals surface area contributed by atoms with Crippen LogP contribution in [0.2, 0.25) is 0 Å². The topological polar surface area (TPSA) is 101 Å². The Morgan fingerprint density at radius 3 is 0.810 bits per heavy atom. The first kappa shape index (κ1) is 62.7. The average Bonchev–Trinajstić information content (AvgIpc) is 3.70. The largest absolute Gasteiger partial charge is 2.00 e. The summed E-state index contributed by atoms with van der Waals surface area (Å²) in [5, 5.41) is 31.8. The Balaban J connectivity index is -0.000000328. The van der Waals surface area contributed by atoms with Crippen LogP contribution < -0.4 is 10.2 Å². The van der Waals surface area contributed by atoms with Crippen molar-refractivity contribution in [1.82, 2.24) is 49.0 Å². The maximum absolute atomic E-state index is 11.9. The van der Waals surface area contributed by atoms with Crippen LogP contribution in [-0.4, -0.2) is 172 Å². The number of aromatic nitrogens is 4. The quantitative estimate of drug-likeness (QED) is 0.0950. The first-order valence-corrected chi connectivity index (χ1v) is 20.4. The van der Waals surface area contributed by atoms with Crippen LogP contribution in [-0.2, 0) is 34.1 Å². The van der Waals surface area contributed by atoms with Gasteiger partial charge in [0.1, 0.15) is 0 Å². The summed E-state index contributed by atoms with van der Waals surface area (Å²) in [5.74, 6) is -0.549.